The molecule has 1 aromatic carbocycles. The third-order valence-electron chi connectivity index (χ3n) is 1.94. The molecular formula is C10H10ClN3OS. The molecule has 0 aliphatic carbocycles. The highest BCUT2D eigenvalue weighted by atomic mass is 35.5. The molecule has 6 heteroatoms. The first-order chi connectivity index (χ1) is 7.69. The van der Waals surface area contributed by atoms with Crippen LogP contribution in [0.2, 0.25) is 5.02 Å². The monoisotopic (exact) mass is 255 g/mol. The van der Waals surface area contributed by atoms with Crippen molar-refractivity contribution in [2.75, 3.05) is 0 Å². The zero-order valence-electron chi connectivity index (χ0n) is 8.61. The predicted octanol–water partition coefficient (Wildman–Crippen LogP) is 2.75. The Labute approximate surface area is 102 Å². The molecule has 0 amide bonds. The van der Waals surface area contributed by atoms with Crippen LogP contribution in [0.25, 0.3) is 0 Å². The molecule has 0 spiro atoms. The van der Waals surface area contributed by atoms with E-state index in [2.05, 4.69) is 9.36 Å². The Morgan fingerprint density at radius 1 is 1.50 bits per heavy atom. The topological polar surface area (TPSA) is 61.0 Å². The Balaban J connectivity index is 2.21. The average Bonchev–Trinajstić information content (AvgIpc) is 2.67. The number of hydrogen-bond acceptors (Lipinski definition) is 5. The highest BCUT2D eigenvalue weighted by Gasteiger charge is 2.07. The number of halogens is 1. The number of aryl methyl sites for hydroxylation is 1. The number of rotatable bonds is 3. The highest BCUT2D eigenvalue weighted by Crippen LogP contribution is 2.30. The SMILES string of the molecule is Cc1nsc(Oc2ccc(CN)cc2Cl)n1. The van der Waals surface area contributed by atoms with Crippen LogP contribution in [-0.2, 0) is 6.54 Å². The fourth-order valence-corrected chi connectivity index (χ4v) is 1.96. The Morgan fingerprint density at radius 3 is 2.88 bits per heavy atom. The Morgan fingerprint density at radius 2 is 2.31 bits per heavy atom. The minimum absolute atomic E-state index is 0.456. The lowest BCUT2D eigenvalue weighted by Crippen LogP contribution is -1.96. The fourth-order valence-electron chi connectivity index (χ4n) is 1.17. The first kappa shape index (κ1) is 11.3. The van der Waals surface area contributed by atoms with Crippen molar-refractivity contribution in [2.45, 2.75) is 13.5 Å². The van der Waals surface area contributed by atoms with Crippen LogP contribution >= 0.6 is 23.1 Å². The van der Waals surface area contributed by atoms with Crippen molar-refractivity contribution in [2.24, 2.45) is 5.73 Å². The summed E-state index contributed by atoms with van der Waals surface area (Å²) < 4.78 is 9.52. The lowest BCUT2D eigenvalue weighted by atomic mass is 10.2. The van der Waals surface area contributed by atoms with Crippen LogP contribution in [0, 0.1) is 6.92 Å². The molecule has 0 saturated carbocycles. The van der Waals surface area contributed by atoms with Gasteiger partial charge in [0, 0.05) is 18.1 Å². The van der Waals surface area contributed by atoms with E-state index in [1.807, 2.05) is 13.0 Å². The minimum atomic E-state index is 0.456. The molecule has 4 nitrogen and oxygen atoms in total. The molecule has 0 bridgehead atoms. The lowest BCUT2D eigenvalue weighted by molar-refractivity contribution is 0.478. The van der Waals surface area contributed by atoms with E-state index >= 15 is 0 Å². The molecule has 0 unspecified atom stereocenters. The van der Waals surface area contributed by atoms with Gasteiger partial charge in [-0.15, -0.1) is 0 Å². The zero-order chi connectivity index (χ0) is 11.5. The molecule has 84 valence electrons. The Hall–Kier alpha value is -1.17. The summed E-state index contributed by atoms with van der Waals surface area (Å²) in [6.45, 7) is 2.26. The average molecular weight is 256 g/mol. The second-order valence-electron chi connectivity index (χ2n) is 3.18. The van der Waals surface area contributed by atoms with E-state index in [-0.39, 0.29) is 0 Å². The molecule has 0 fully saturated rings. The van der Waals surface area contributed by atoms with Gasteiger partial charge in [-0.25, -0.2) is 0 Å². The van der Waals surface area contributed by atoms with Gasteiger partial charge in [0.1, 0.15) is 11.6 Å². The number of ether oxygens (including phenoxy) is 1. The van der Waals surface area contributed by atoms with E-state index in [1.165, 1.54) is 11.5 Å². The van der Waals surface area contributed by atoms with Gasteiger partial charge < -0.3 is 10.5 Å². The van der Waals surface area contributed by atoms with Crippen LogP contribution in [0.3, 0.4) is 0 Å². The summed E-state index contributed by atoms with van der Waals surface area (Å²) in [7, 11) is 0. The number of nitrogens with two attached hydrogens (primary N) is 1. The summed E-state index contributed by atoms with van der Waals surface area (Å²) in [5.41, 5.74) is 6.47. The number of benzene rings is 1. The van der Waals surface area contributed by atoms with Crippen molar-refractivity contribution < 1.29 is 4.74 Å². The summed E-state index contributed by atoms with van der Waals surface area (Å²) in [6.07, 6.45) is 0. The zero-order valence-corrected chi connectivity index (χ0v) is 10.2. The van der Waals surface area contributed by atoms with Crippen molar-refractivity contribution in [3.8, 4) is 10.9 Å². The third kappa shape index (κ3) is 2.49. The van der Waals surface area contributed by atoms with Gasteiger partial charge in [-0.05, 0) is 24.6 Å². The summed E-state index contributed by atoms with van der Waals surface area (Å²) >= 11 is 7.24. The van der Waals surface area contributed by atoms with E-state index in [0.717, 1.165) is 5.56 Å². The Kier molecular flexibility index (Phi) is 3.38. The minimum Gasteiger partial charge on any atom is -0.428 e. The van der Waals surface area contributed by atoms with E-state index in [1.54, 1.807) is 12.1 Å². The smallest absolute Gasteiger partial charge is 0.298 e. The van der Waals surface area contributed by atoms with Gasteiger partial charge in [0.15, 0.2) is 0 Å². The van der Waals surface area contributed by atoms with E-state index in [4.69, 9.17) is 22.1 Å². The van der Waals surface area contributed by atoms with Gasteiger partial charge in [0.25, 0.3) is 5.19 Å². The van der Waals surface area contributed by atoms with Crippen molar-refractivity contribution in [3.63, 3.8) is 0 Å². The molecule has 1 heterocycles. The van der Waals surface area contributed by atoms with Gasteiger partial charge in [-0.3, -0.25) is 0 Å². The van der Waals surface area contributed by atoms with Crippen molar-refractivity contribution in [1.29, 1.82) is 0 Å². The van der Waals surface area contributed by atoms with Crippen LogP contribution in [-0.4, -0.2) is 9.36 Å². The maximum absolute atomic E-state index is 6.04. The molecule has 16 heavy (non-hydrogen) atoms. The summed E-state index contributed by atoms with van der Waals surface area (Å²) in [6, 6.07) is 5.43. The van der Waals surface area contributed by atoms with Crippen LogP contribution in [0.5, 0.6) is 10.9 Å². The van der Waals surface area contributed by atoms with E-state index < -0.39 is 0 Å². The van der Waals surface area contributed by atoms with Crippen LogP contribution in [0.15, 0.2) is 18.2 Å². The lowest BCUT2D eigenvalue weighted by Gasteiger charge is -2.05. The second-order valence-corrected chi connectivity index (χ2v) is 4.30. The van der Waals surface area contributed by atoms with Crippen LogP contribution in [0.1, 0.15) is 11.4 Å². The number of hydrogen-bond donors (Lipinski definition) is 1. The standard InChI is InChI=1S/C10H10ClN3OS/c1-6-13-10(16-14-6)15-9-3-2-7(5-12)4-8(9)11/h2-4H,5,12H2,1H3. The van der Waals surface area contributed by atoms with Crippen LogP contribution < -0.4 is 10.5 Å². The third-order valence-corrected chi connectivity index (χ3v) is 2.92. The molecule has 0 atom stereocenters. The van der Waals surface area contributed by atoms with Gasteiger partial charge in [-0.1, -0.05) is 17.7 Å². The second kappa shape index (κ2) is 4.78. The maximum atomic E-state index is 6.04. The quantitative estimate of drug-likeness (QED) is 0.916. The largest absolute Gasteiger partial charge is 0.428 e. The van der Waals surface area contributed by atoms with E-state index in [0.29, 0.717) is 28.3 Å². The van der Waals surface area contributed by atoms with Crippen molar-refractivity contribution >= 4 is 23.1 Å². The molecule has 2 rings (SSSR count). The molecule has 2 N–H and O–H groups in total. The molecular weight excluding hydrogens is 246 g/mol. The number of nitrogens with zero attached hydrogens (tertiary/aromatic N) is 2. The summed E-state index contributed by atoms with van der Waals surface area (Å²) in [4.78, 5) is 4.09. The molecule has 1 aromatic heterocycles. The van der Waals surface area contributed by atoms with Gasteiger partial charge in [0.2, 0.25) is 0 Å². The van der Waals surface area contributed by atoms with Gasteiger partial charge >= 0.3 is 0 Å². The first-order valence-corrected chi connectivity index (χ1v) is 5.81. The molecule has 0 aliphatic heterocycles. The van der Waals surface area contributed by atoms with E-state index in [9.17, 15) is 0 Å². The summed E-state index contributed by atoms with van der Waals surface area (Å²) in [5.74, 6) is 1.25. The van der Waals surface area contributed by atoms with Gasteiger partial charge in [-0.2, -0.15) is 9.36 Å². The van der Waals surface area contributed by atoms with Crippen molar-refractivity contribution in [1.82, 2.24) is 9.36 Å². The fraction of sp³-hybridized carbons (Fsp3) is 0.200. The molecule has 0 radical (unpaired) electrons. The molecule has 2 aromatic rings. The Bertz CT molecular complexity index is 501. The molecule has 0 aliphatic rings. The normalized spacial score (nSPS) is 10.4. The highest BCUT2D eigenvalue weighted by molar-refractivity contribution is 7.07. The molecule has 0 saturated heterocycles. The van der Waals surface area contributed by atoms with Crippen LogP contribution in [0.4, 0.5) is 0 Å². The van der Waals surface area contributed by atoms with Gasteiger partial charge in [0.05, 0.1) is 5.02 Å². The maximum Gasteiger partial charge on any atom is 0.298 e. The predicted molar refractivity (Wildman–Crippen MR) is 64.1 cm³/mol. The number of aromatic nitrogens is 2. The summed E-state index contributed by atoms with van der Waals surface area (Å²) in [5, 5.41) is 1.01. The van der Waals surface area contributed by atoms with Crippen molar-refractivity contribution in [3.05, 3.63) is 34.6 Å². The first-order valence-electron chi connectivity index (χ1n) is 4.65.